The van der Waals surface area contributed by atoms with Crippen molar-refractivity contribution in [1.82, 2.24) is 5.32 Å². The third kappa shape index (κ3) is 36.4. The molecule has 0 aromatic rings. The monoisotopic (exact) mass is 1320 g/mol. The molecule has 1 amide bonds. The van der Waals surface area contributed by atoms with E-state index < -0.39 is 124 Å². The molecule has 3 rings (SSSR count). The molecule has 3 saturated heterocycles. The minimum atomic E-state index is -1.98. The largest absolute Gasteiger partial charge is 0.394 e. The summed E-state index contributed by atoms with van der Waals surface area (Å²) in [5.41, 5.74) is 0. The summed E-state index contributed by atoms with van der Waals surface area (Å²) in [7, 11) is 0. The van der Waals surface area contributed by atoms with E-state index in [1.165, 1.54) is 244 Å². The number of hydrogen-bond acceptors (Lipinski definition) is 18. The van der Waals surface area contributed by atoms with E-state index in [1.54, 1.807) is 6.08 Å². The number of rotatable bonds is 60. The van der Waals surface area contributed by atoms with Crippen LogP contribution < -0.4 is 5.32 Å². The van der Waals surface area contributed by atoms with Crippen molar-refractivity contribution in [3.8, 4) is 0 Å². The second-order valence-corrected chi connectivity index (χ2v) is 27.5. The summed E-state index contributed by atoms with van der Waals surface area (Å²) in [4.78, 5) is 13.4. The zero-order valence-electron chi connectivity index (χ0n) is 57.8. The lowest BCUT2D eigenvalue weighted by atomic mass is 9.96. The summed E-state index contributed by atoms with van der Waals surface area (Å²) in [6, 6.07) is -0.968. The SMILES string of the molecule is CCCCCCCCCCCC/C=C/C(O)C(COC1OC(CO)C(OC2OC(CO)C(OC3OC(CO)C(O)C(O)C3O)C(O)C2O)C(O)C1O)NC(=O)CCCCCCCCCCCCCCCCCCCCCCCCCCCCCCCCCCCCC. The Morgan fingerprint density at radius 3 is 1.02 bits per heavy atom. The van der Waals surface area contributed by atoms with E-state index in [-0.39, 0.29) is 18.9 Å². The molecule has 92 heavy (non-hydrogen) atoms. The third-order valence-electron chi connectivity index (χ3n) is 19.3. The van der Waals surface area contributed by atoms with Crippen LogP contribution in [0.15, 0.2) is 12.2 Å². The van der Waals surface area contributed by atoms with E-state index in [1.807, 2.05) is 6.08 Å². The van der Waals surface area contributed by atoms with Gasteiger partial charge in [-0.15, -0.1) is 0 Å². The highest BCUT2D eigenvalue weighted by molar-refractivity contribution is 5.76. The van der Waals surface area contributed by atoms with Crippen molar-refractivity contribution in [2.24, 2.45) is 0 Å². The highest BCUT2D eigenvalue weighted by Gasteiger charge is 2.53. The predicted molar refractivity (Wildman–Crippen MR) is 360 cm³/mol. The van der Waals surface area contributed by atoms with Crippen molar-refractivity contribution in [3.05, 3.63) is 12.2 Å². The molecule has 3 heterocycles. The van der Waals surface area contributed by atoms with Crippen LogP contribution in [0, 0.1) is 0 Å². The molecule has 0 aromatic heterocycles. The van der Waals surface area contributed by atoms with Crippen LogP contribution in [-0.4, -0.2) is 193 Å². The van der Waals surface area contributed by atoms with Gasteiger partial charge in [-0.2, -0.15) is 0 Å². The van der Waals surface area contributed by atoms with Gasteiger partial charge in [0.15, 0.2) is 18.9 Å². The van der Waals surface area contributed by atoms with Gasteiger partial charge >= 0.3 is 0 Å². The van der Waals surface area contributed by atoms with Gasteiger partial charge in [-0.3, -0.25) is 4.79 Å². The zero-order chi connectivity index (χ0) is 66.8. The molecule has 0 spiro atoms. The fourth-order valence-corrected chi connectivity index (χ4v) is 13.2. The smallest absolute Gasteiger partial charge is 0.220 e. The molecule has 17 atom stereocenters. The first-order valence-corrected chi connectivity index (χ1v) is 37.9. The molecule has 12 N–H and O–H groups in total. The predicted octanol–water partition coefficient (Wildman–Crippen LogP) is 11.2. The van der Waals surface area contributed by atoms with Crippen molar-refractivity contribution in [2.75, 3.05) is 26.4 Å². The highest BCUT2D eigenvalue weighted by atomic mass is 16.8. The topological polar surface area (TPSA) is 307 Å². The first-order valence-electron chi connectivity index (χ1n) is 37.9. The number of carbonyl (C=O) groups is 1. The molecule has 19 heteroatoms. The van der Waals surface area contributed by atoms with E-state index >= 15 is 0 Å². The summed E-state index contributed by atoms with van der Waals surface area (Å²) >= 11 is 0. The van der Waals surface area contributed by atoms with Crippen LogP contribution in [0.1, 0.15) is 316 Å². The lowest BCUT2D eigenvalue weighted by molar-refractivity contribution is -0.379. The number of nitrogens with one attached hydrogen (secondary N) is 1. The average Bonchev–Trinajstić information content (AvgIpc) is 0.819. The van der Waals surface area contributed by atoms with Crippen LogP contribution in [0.25, 0.3) is 0 Å². The number of allylic oxidation sites excluding steroid dienone is 1. The molecule has 0 aromatic carbocycles. The standard InChI is InChI=1S/C73H139NO18/c1-3-5-7-9-11-13-15-17-18-19-20-21-22-23-24-25-26-27-28-29-30-31-32-33-34-35-36-37-38-39-41-43-45-47-49-51-61(79)74-56(57(78)50-48-46-44-42-40-16-14-12-10-8-6-4-2)55-87-71-67(85)64(82)69(59(53-76)89-71)92-73-68(86)65(83)70(60(54-77)90-73)91-72-66(84)63(81)62(80)58(52-75)88-72/h48,50,56-60,62-73,75-78,80-86H,3-47,49,51-55H2,1-2H3,(H,74,79)/b50-48+. The molecule has 3 aliphatic rings. The number of amides is 1. The molecular weight excluding hydrogens is 1180 g/mol. The molecule has 0 aliphatic carbocycles. The maximum atomic E-state index is 13.4. The van der Waals surface area contributed by atoms with Gasteiger partial charge < -0.3 is 89.9 Å². The fraction of sp³-hybridized carbons (Fsp3) is 0.959. The Morgan fingerprint density at radius 1 is 0.380 bits per heavy atom. The molecule has 19 nitrogen and oxygen atoms in total. The van der Waals surface area contributed by atoms with Gasteiger partial charge in [0, 0.05) is 6.42 Å². The number of ether oxygens (including phenoxy) is 6. The van der Waals surface area contributed by atoms with Crippen LogP contribution in [0.3, 0.4) is 0 Å². The van der Waals surface area contributed by atoms with Gasteiger partial charge in [-0.05, 0) is 19.3 Å². The second-order valence-electron chi connectivity index (χ2n) is 27.5. The summed E-state index contributed by atoms with van der Waals surface area (Å²) in [5.74, 6) is -0.270. The van der Waals surface area contributed by atoms with Crippen LogP contribution in [-0.2, 0) is 33.2 Å². The van der Waals surface area contributed by atoms with Crippen LogP contribution in [0.5, 0.6) is 0 Å². The van der Waals surface area contributed by atoms with Crippen molar-refractivity contribution in [1.29, 1.82) is 0 Å². The number of unbranched alkanes of at least 4 members (excludes halogenated alkanes) is 44. The highest BCUT2D eigenvalue weighted by Crippen LogP contribution is 2.33. The quantitative estimate of drug-likeness (QED) is 0.0199. The van der Waals surface area contributed by atoms with E-state index in [2.05, 4.69) is 19.2 Å². The minimum absolute atomic E-state index is 0.250. The molecular formula is C73H139NO18. The van der Waals surface area contributed by atoms with E-state index in [0.717, 1.165) is 44.9 Å². The maximum Gasteiger partial charge on any atom is 0.220 e. The van der Waals surface area contributed by atoms with Gasteiger partial charge in [0.05, 0.1) is 38.6 Å². The van der Waals surface area contributed by atoms with Crippen LogP contribution in [0.4, 0.5) is 0 Å². The van der Waals surface area contributed by atoms with Crippen molar-refractivity contribution >= 4 is 5.91 Å². The summed E-state index contributed by atoms with van der Waals surface area (Å²) in [5, 5.41) is 120. The van der Waals surface area contributed by atoms with Crippen LogP contribution >= 0.6 is 0 Å². The van der Waals surface area contributed by atoms with Gasteiger partial charge in [0.1, 0.15) is 73.2 Å². The molecule has 544 valence electrons. The molecule has 3 fully saturated rings. The van der Waals surface area contributed by atoms with Crippen LogP contribution in [0.2, 0.25) is 0 Å². The summed E-state index contributed by atoms with van der Waals surface area (Å²) < 4.78 is 34.3. The third-order valence-corrected chi connectivity index (χ3v) is 19.3. The van der Waals surface area contributed by atoms with E-state index in [9.17, 15) is 61.0 Å². The van der Waals surface area contributed by atoms with Gasteiger partial charge in [0.2, 0.25) is 5.91 Å². The molecule has 17 unspecified atom stereocenters. The van der Waals surface area contributed by atoms with Crippen molar-refractivity contribution in [2.45, 2.75) is 420 Å². The lowest BCUT2D eigenvalue weighted by Crippen LogP contribution is -2.66. The van der Waals surface area contributed by atoms with Crippen molar-refractivity contribution < 1.29 is 89.4 Å². The van der Waals surface area contributed by atoms with Crippen molar-refractivity contribution in [3.63, 3.8) is 0 Å². The number of aliphatic hydroxyl groups excluding tert-OH is 11. The summed E-state index contributed by atoms with van der Waals surface area (Å²) in [6.45, 7) is 1.76. The van der Waals surface area contributed by atoms with Gasteiger partial charge in [-0.25, -0.2) is 0 Å². The maximum absolute atomic E-state index is 13.4. The Hall–Kier alpha value is -1.47. The normalized spacial score (nSPS) is 27.7. The Balaban J connectivity index is 1.30. The zero-order valence-corrected chi connectivity index (χ0v) is 57.8. The first kappa shape index (κ1) is 84.8. The number of hydrogen-bond donors (Lipinski definition) is 12. The molecule has 0 saturated carbocycles. The number of carbonyl (C=O) groups excluding carboxylic acids is 1. The molecule has 3 aliphatic heterocycles. The average molecular weight is 1320 g/mol. The fourth-order valence-electron chi connectivity index (χ4n) is 13.2. The number of aliphatic hydroxyl groups is 11. The Labute approximate surface area is 556 Å². The van der Waals surface area contributed by atoms with E-state index in [0.29, 0.717) is 6.42 Å². The molecule has 0 bridgehead atoms. The van der Waals surface area contributed by atoms with E-state index in [4.69, 9.17) is 28.4 Å². The summed E-state index contributed by atoms with van der Waals surface area (Å²) in [6.07, 6.45) is 36.7. The minimum Gasteiger partial charge on any atom is -0.394 e. The Kier molecular flexibility index (Phi) is 51.0. The Morgan fingerprint density at radius 2 is 0.674 bits per heavy atom. The Bertz CT molecular complexity index is 1720. The lowest BCUT2D eigenvalue weighted by Gasteiger charge is -2.48. The second kappa shape index (κ2) is 55.4. The first-order chi connectivity index (χ1) is 44.8. The molecule has 0 radical (unpaired) electrons. The van der Waals surface area contributed by atoms with Gasteiger partial charge in [-0.1, -0.05) is 302 Å². The van der Waals surface area contributed by atoms with Gasteiger partial charge in [0.25, 0.3) is 0 Å².